The zero-order valence-electron chi connectivity index (χ0n) is 14.8. The SMILES string of the molecule is COc1ccc(NC(=O)CC2Oc3ccccc3N(C)C2=O)cc1OC. The van der Waals surface area contributed by atoms with Crippen molar-refractivity contribution < 1.29 is 23.8 Å². The molecule has 7 nitrogen and oxygen atoms in total. The number of hydrogen-bond donors (Lipinski definition) is 1. The van der Waals surface area contributed by atoms with Crippen molar-refractivity contribution in [2.24, 2.45) is 0 Å². The van der Waals surface area contributed by atoms with Crippen LogP contribution in [0.2, 0.25) is 0 Å². The predicted octanol–water partition coefficient (Wildman–Crippen LogP) is 2.46. The molecular weight excluding hydrogens is 336 g/mol. The van der Waals surface area contributed by atoms with E-state index in [4.69, 9.17) is 14.2 Å². The summed E-state index contributed by atoms with van der Waals surface area (Å²) in [5, 5.41) is 2.75. The van der Waals surface area contributed by atoms with Gasteiger partial charge in [-0.15, -0.1) is 0 Å². The first-order valence-corrected chi connectivity index (χ1v) is 8.08. The second-order valence-corrected chi connectivity index (χ2v) is 5.79. The molecule has 3 rings (SSSR count). The van der Waals surface area contributed by atoms with Crippen LogP contribution in [0.1, 0.15) is 6.42 Å². The maximum atomic E-state index is 12.4. The summed E-state index contributed by atoms with van der Waals surface area (Å²) >= 11 is 0. The molecule has 0 fully saturated rings. The van der Waals surface area contributed by atoms with Gasteiger partial charge in [0, 0.05) is 18.8 Å². The van der Waals surface area contributed by atoms with Crippen molar-refractivity contribution >= 4 is 23.2 Å². The quantitative estimate of drug-likeness (QED) is 0.890. The van der Waals surface area contributed by atoms with Crippen molar-refractivity contribution in [3.63, 3.8) is 0 Å². The monoisotopic (exact) mass is 356 g/mol. The van der Waals surface area contributed by atoms with Crippen LogP contribution in [-0.4, -0.2) is 39.2 Å². The molecule has 2 aromatic carbocycles. The molecule has 7 heteroatoms. The maximum absolute atomic E-state index is 12.4. The minimum atomic E-state index is -0.866. The van der Waals surface area contributed by atoms with E-state index in [0.29, 0.717) is 28.6 Å². The number of benzene rings is 2. The fourth-order valence-corrected chi connectivity index (χ4v) is 2.80. The molecule has 2 amide bonds. The Kier molecular flexibility index (Phi) is 4.97. The minimum absolute atomic E-state index is 0.0914. The van der Waals surface area contributed by atoms with E-state index < -0.39 is 6.10 Å². The summed E-state index contributed by atoms with van der Waals surface area (Å²) in [6.07, 6.45) is -0.957. The Bertz CT molecular complexity index is 836. The molecule has 0 saturated carbocycles. The number of anilines is 2. The Morgan fingerprint density at radius 3 is 2.62 bits per heavy atom. The molecule has 0 saturated heterocycles. The molecule has 0 radical (unpaired) electrons. The third kappa shape index (κ3) is 3.42. The highest BCUT2D eigenvalue weighted by Gasteiger charge is 2.33. The van der Waals surface area contributed by atoms with Gasteiger partial charge in [0.05, 0.1) is 26.3 Å². The Balaban J connectivity index is 1.70. The smallest absolute Gasteiger partial charge is 0.268 e. The van der Waals surface area contributed by atoms with Crippen molar-refractivity contribution in [1.82, 2.24) is 0 Å². The molecule has 0 aromatic heterocycles. The molecule has 0 bridgehead atoms. The van der Waals surface area contributed by atoms with E-state index in [-0.39, 0.29) is 18.2 Å². The highest BCUT2D eigenvalue weighted by Crippen LogP contribution is 2.33. The normalized spacial score (nSPS) is 15.7. The summed E-state index contributed by atoms with van der Waals surface area (Å²) in [4.78, 5) is 26.3. The number of carbonyl (C=O) groups is 2. The number of nitrogens with one attached hydrogen (secondary N) is 1. The standard InChI is InChI=1S/C19H20N2O5/c1-21-13-6-4-5-7-14(13)26-17(19(21)23)11-18(22)20-12-8-9-15(24-2)16(10-12)25-3/h4-10,17H,11H2,1-3H3,(H,20,22). The number of amides is 2. The van der Waals surface area contributed by atoms with E-state index in [1.54, 1.807) is 37.4 Å². The lowest BCUT2D eigenvalue weighted by Gasteiger charge is -2.31. The van der Waals surface area contributed by atoms with Crippen molar-refractivity contribution in [3.05, 3.63) is 42.5 Å². The van der Waals surface area contributed by atoms with E-state index in [1.165, 1.54) is 19.1 Å². The Morgan fingerprint density at radius 1 is 1.15 bits per heavy atom. The van der Waals surface area contributed by atoms with Gasteiger partial charge in [-0.25, -0.2) is 0 Å². The number of likely N-dealkylation sites (N-methyl/N-ethyl adjacent to an activating group) is 1. The second kappa shape index (κ2) is 7.35. The third-order valence-electron chi connectivity index (χ3n) is 4.14. The van der Waals surface area contributed by atoms with Gasteiger partial charge >= 0.3 is 0 Å². The van der Waals surface area contributed by atoms with Crippen LogP contribution in [0.3, 0.4) is 0 Å². The summed E-state index contributed by atoms with van der Waals surface area (Å²) < 4.78 is 16.1. The zero-order valence-corrected chi connectivity index (χ0v) is 14.8. The van der Waals surface area contributed by atoms with Crippen LogP contribution < -0.4 is 24.4 Å². The molecule has 1 atom stereocenters. The van der Waals surface area contributed by atoms with E-state index in [0.717, 1.165) is 0 Å². The molecule has 1 unspecified atom stereocenters. The Morgan fingerprint density at radius 2 is 1.88 bits per heavy atom. The van der Waals surface area contributed by atoms with Gasteiger partial charge in [-0.05, 0) is 24.3 Å². The number of methoxy groups -OCH3 is 2. The molecule has 1 aliphatic rings. The molecule has 1 N–H and O–H groups in total. The average Bonchev–Trinajstić information content (AvgIpc) is 2.65. The summed E-state index contributed by atoms with van der Waals surface area (Å²) in [5.74, 6) is 1.06. The number of rotatable bonds is 5. The van der Waals surface area contributed by atoms with Crippen molar-refractivity contribution in [1.29, 1.82) is 0 Å². The van der Waals surface area contributed by atoms with Crippen LogP contribution in [0.5, 0.6) is 17.2 Å². The van der Waals surface area contributed by atoms with E-state index in [1.807, 2.05) is 12.1 Å². The van der Waals surface area contributed by atoms with Gasteiger partial charge in [0.1, 0.15) is 5.75 Å². The van der Waals surface area contributed by atoms with Crippen LogP contribution in [0.25, 0.3) is 0 Å². The predicted molar refractivity (Wildman–Crippen MR) is 97.1 cm³/mol. The number of carbonyl (C=O) groups excluding carboxylic acids is 2. The number of ether oxygens (including phenoxy) is 3. The Hall–Kier alpha value is -3.22. The fraction of sp³-hybridized carbons (Fsp3) is 0.263. The van der Waals surface area contributed by atoms with Gasteiger partial charge in [-0.3, -0.25) is 9.59 Å². The largest absolute Gasteiger partial charge is 0.493 e. The first-order valence-electron chi connectivity index (χ1n) is 8.08. The van der Waals surface area contributed by atoms with Gasteiger partial charge in [-0.2, -0.15) is 0 Å². The lowest BCUT2D eigenvalue weighted by Crippen LogP contribution is -2.45. The molecule has 26 heavy (non-hydrogen) atoms. The lowest BCUT2D eigenvalue weighted by molar-refractivity contribution is -0.130. The van der Waals surface area contributed by atoms with Crippen LogP contribution in [-0.2, 0) is 9.59 Å². The highest BCUT2D eigenvalue weighted by molar-refractivity contribution is 6.03. The van der Waals surface area contributed by atoms with Crippen molar-refractivity contribution in [3.8, 4) is 17.2 Å². The molecule has 0 spiro atoms. The number of fused-ring (bicyclic) bond motifs is 1. The molecule has 2 aromatic rings. The number of nitrogens with zero attached hydrogens (tertiary/aromatic N) is 1. The minimum Gasteiger partial charge on any atom is -0.493 e. The first-order chi connectivity index (χ1) is 12.5. The molecule has 136 valence electrons. The molecule has 0 aliphatic carbocycles. The summed E-state index contributed by atoms with van der Waals surface area (Å²) in [6.45, 7) is 0. The first kappa shape index (κ1) is 17.6. The third-order valence-corrected chi connectivity index (χ3v) is 4.14. The summed E-state index contributed by atoms with van der Waals surface area (Å²) in [5.41, 5.74) is 1.23. The van der Waals surface area contributed by atoms with E-state index in [9.17, 15) is 9.59 Å². The van der Waals surface area contributed by atoms with Crippen molar-refractivity contribution in [2.75, 3.05) is 31.5 Å². The molecule has 1 heterocycles. The van der Waals surface area contributed by atoms with Crippen LogP contribution >= 0.6 is 0 Å². The molecular formula is C19H20N2O5. The highest BCUT2D eigenvalue weighted by atomic mass is 16.5. The topological polar surface area (TPSA) is 77.1 Å². The summed E-state index contributed by atoms with van der Waals surface area (Å²) in [6, 6.07) is 12.3. The van der Waals surface area contributed by atoms with Gasteiger partial charge in [0.15, 0.2) is 17.6 Å². The van der Waals surface area contributed by atoms with Crippen LogP contribution in [0, 0.1) is 0 Å². The fourth-order valence-electron chi connectivity index (χ4n) is 2.80. The lowest BCUT2D eigenvalue weighted by atomic mass is 10.1. The Labute approximate surface area is 151 Å². The number of hydrogen-bond acceptors (Lipinski definition) is 5. The van der Waals surface area contributed by atoms with E-state index in [2.05, 4.69) is 5.32 Å². The summed E-state index contributed by atoms with van der Waals surface area (Å²) in [7, 11) is 4.73. The van der Waals surface area contributed by atoms with Gasteiger partial charge < -0.3 is 24.4 Å². The molecule has 1 aliphatic heterocycles. The number of para-hydroxylation sites is 2. The van der Waals surface area contributed by atoms with Gasteiger partial charge in [0.2, 0.25) is 5.91 Å². The second-order valence-electron chi connectivity index (χ2n) is 5.79. The van der Waals surface area contributed by atoms with Gasteiger partial charge in [0.25, 0.3) is 5.91 Å². The van der Waals surface area contributed by atoms with Gasteiger partial charge in [-0.1, -0.05) is 12.1 Å². The van der Waals surface area contributed by atoms with Crippen LogP contribution in [0.4, 0.5) is 11.4 Å². The van der Waals surface area contributed by atoms with E-state index >= 15 is 0 Å². The zero-order chi connectivity index (χ0) is 18.7. The van der Waals surface area contributed by atoms with Crippen LogP contribution in [0.15, 0.2) is 42.5 Å². The average molecular weight is 356 g/mol. The van der Waals surface area contributed by atoms with Crippen molar-refractivity contribution in [2.45, 2.75) is 12.5 Å². The maximum Gasteiger partial charge on any atom is 0.268 e.